The molecule has 2 aliphatic carbocycles. The molecule has 1 aliphatic heterocycles. The van der Waals surface area contributed by atoms with E-state index in [9.17, 15) is 0 Å². The number of allylic oxidation sites excluding steroid dienone is 2. The van der Waals surface area contributed by atoms with Gasteiger partial charge in [0.25, 0.3) is 0 Å². The van der Waals surface area contributed by atoms with E-state index in [1.165, 1.54) is 61.2 Å². The zero-order valence-electron chi connectivity index (χ0n) is 33.3. The molecule has 2 unspecified atom stereocenters. The van der Waals surface area contributed by atoms with Gasteiger partial charge in [0.2, 0.25) is 0 Å². The zero-order valence-corrected chi connectivity index (χ0v) is 36.9. The summed E-state index contributed by atoms with van der Waals surface area (Å²) in [6, 6.07) is 40.2. The minimum absolute atomic E-state index is 0.0882. The van der Waals surface area contributed by atoms with Crippen molar-refractivity contribution >= 4 is 12.2 Å². The van der Waals surface area contributed by atoms with E-state index in [4.69, 9.17) is 0 Å². The predicted molar refractivity (Wildman–Crippen MR) is 222 cm³/mol. The number of rotatable bonds is 4. The third-order valence-corrected chi connectivity index (χ3v) is 28.2. The summed E-state index contributed by atoms with van der Waals surface area (Å²) < 4.78 is 6.63. The Balaban J connectivity index is 1.33. The van der Waals surface area contributed by atoms with Crippen LogP contribution in [0.5, 0.6) is 0 Å². The van der Waals surface area contributed by atoms with Gasteiger partial charge in [-0.25, -0.2) is 0 Å². The van der Waals surface area contributed by atoms with Gasteiger partial charge in [-0.2, -0.15) is 0 Å². The van der Waals surface area contributed by atoms with Gasteiger partial charge in [0.05, 0.1) is 0 Å². The van der Waals surface area contributed by atoms with Gasteiger partial charge in [-0.05, 0) is 0 Å². The molecule has 264 valence electrons. The molecule has 52 heavy (non-hydrogen) atoms. The van der Waals surface area contributed by atoms with Crippen LogP contribution in [-0.4, -0.2) is 0 Å². The van der Waals surface area contributed by atoms with Gasteiger partial charge in [-0.1, -0.05) is 0 Å². The maximum absolute atomic E-state index is 3.24. The molecule has 0 bridgehead atoms. The van der Waals surface area contributed by atoms with Crippen molar-refractivity contribution in [3.63, 3.8) is 0 Å². The van der Waals surface area contributed by atoms with Crippen LogP contribution in [-0.2, 0) is 37.2 Å². The molecule has 3 aliphatic rings. The van der Waals surface area contributed by atoms with E-state index >= 15 is 0 Å². The average molecular weight is 847 g/mol. The Morgan fingerprint density at radius 1 is 0.538 bits per heavy atom. The summed E-state index contributed by atoms with van der Waals surface area (Å²) >= 11 is -3.24. The van der Waals surface area contributed by atoms with E-state index in [1.54, 1.807) is 22.3 Å². The van der Waals surface area contributed by atoms with Gasteiger partial charge in [0.1, 0.15) is 0 Å². The van der Waals surface area contributed by atoms with E-state index in [1.807, 2.05) is 0 Å². The second kappa shape index (κ2) is 12.2. The fourth-order valence-electron chi connectivity index (χ4n) is 10.2. The van der Waals surface area contributed by atoms with Crippen LogP contribution < -0.4 is 0 Å². The predicted octanol–water partition coefficient (Wildman–Crippen LogP) is 14.3. The molecule has 1 saturated heterocycles. The molecule has 5 aromatic rings. The van der Waals surface area contributed by atoms with Crippen LogP contribution in [0.25, 0.3) is 34.4 Å². The van der Waals surface area contributed by atoms with Crippen LogP contribution in [0.2, 0.25) is 9.36 Å². The van der Waals surface area contributed by atoms with Crippen LogP contribution in [0.3, 0.4) is 0 Å². The summed E-state index contributed by atoms with van der Waals surface area (Å²) in [6.07, 6.45) is 6.40. The Bertz CT molecular complexity index is 2160. The molecule has 1 fully saturated rings. The molecule has 0 saturated carbocycles. The third-order valence-electron chi connectivity index (χ3n) is 13.1. The van der Waals surface area contributed by atoms with Crippen molar-refractivity contribution < 1.29 is 20.0 Å². The van der Waals surface area contributed by atoms with Crippen molar-refractivity contribution in [2.75, 3.05) is 0 Å². The summed E-state index contributed by atoms with van der Waals surface area (Å²) in [5.74, 6) is 0. The van der Waals surface area contributed by atoms with Crippen molar-refractivity contribution in [2.24, 2.45) is 5.41 Å². The summed E-state index contributed by atoms with van der Waals surface area (Å²) in [6.45, 7) is 21.1. The number of hydrogen-bond acceptors (Lipinski definition) is 0. The van der Waals surface area contributed by atoms with Gasteiger partial charge >= 0.3 is 320 Å². The van der Waals surface area contributed by atoms with E-state index in [-0.39, 0.29) is 16.2 Å². The first-order chi connectivity index (χ1) is 24.5. The SMILES string of the molecule is Cc1cc(C(C)(C)C)ccc1-c1cccc2c1C=C1[CH]2[Hf]([CH3])([CH3])[CH]2C(=Cc3c(-c4ccc(C(C)(C)C)cc4C)cccc32)C1(C)Cc1ccccc1. The van der Waals surface area contributed by atoms with Gasteiger partial charge in [0, 0.05) is 0 Å². The fraction of sp³-hybridized carbons (Fsp3) is 0.333. The van der Waals surface area contributed by atoms with Crippen molar-refractivity contribution in [1.29, 1.82) is 0 Å². The molecule has 0 aromatic heterocycles. The Kier molecular flexibility index (Phi) is 8.35. The monoisotopic (exact) mass is 848 g/mol. The Hall–Kier alpha value is -3.55. The Labute approximate surface area is 318 Å². The van der Waals surface area contributed by atoms with Gasteiger partial charge in [0.15, 0.2) is 0 Å². The van der Waals surface area contributed by atoms with Crippen LogP contribution in [0, 0.1) is 19.3 Å². The van der Waals surface area contributed by atoms with Crippen molar-refractivity contribution in [2.45, 2.75) is 96.3 Å². The van der Waals surface area contributed by atoms with Gasteiger partial charge < -0.3 is 0 Å². The molecule has 5 aromatic carbocycles. The first-order valence-corrected chi connectivity index (χ1v) is 30.8. The second-order valence-corrected chi connectivity index (χ2v) is 36.3. The number of hydrogen-bond donors (Lipinski definition) is 0. The van der Waals surface area contributed by atoms with Gasteiger partial charge in [-0.15, -0.1) is 0 Å². The molecule has 0 N–H and O–H groups in total. The summed E-state index contributed by atoms with van der Waals surface area (Å²) in [5, 5.41) is 0. The average Bonchev–Trinajstić information content (AvgIpc) is 3.70. The molecule has 8 rings (SSSR count). The molecule has 0 amide bonds. The van der Waals surface area contributed by atoms with Crippen LogP contribution in [0.1, 0.15) is 106 Å². The van der Waals surface area contributed by atoms with Crippen LogP contribution in [0.15, 0.2) is 114 Å². The molecule has 1 heteroatoms. The standard InChI is InChI=1S/C49H50.2CH3.Hf/c1-32-25-37(47(3,4)5)21-23-41(32)43-19-13-17-35-27-39(29-45(35)43)49(9,31-34-15-11-10-12-16-34)40-28-36-18-14-20-44(46(36)30-40)42-24-22-38(26-33(42)2)48(6,7)8;;;/h10-30H,31H2,1-9H3;2*1H3;. The molecule has 2 atom stereocenters. The minimum atomic E-state index is -3.24. The quantitative estimate of drug-likeness (QED) is 0.158. The maximum atomic E-state index is 2.78. The third kappa shape index (κ3) is 5.55. The van der Waals surface area contributed by atoms with Crippen molar-refractivity contribution in [3.8, 4) is 22.3 Å². The molecular formula is C51H56Hf. The summed E-state index contributed by atoms with van der Waals surface area (Å²) in [4.78, 5) is 0. The number of benzene rings is 5. The normalized spacial score (nSPS) is 21.5. The molecule has 0 radical (unpaired) electrons. The summed E-state index contributed by atoms with van der Waals surface area (Å²) in [7, 11) is 0. The van der Waals surface area contributed by atoms with E-state index in [0.29, 0.717) is 7.35 Å². The number of aryl methyl sites for hydroxylation is 2. The van der Waals surface area contributed by atoms with Gasteiger partial charge in [-0.3, -0.25) is 0 Å². The van der Waals surface area contributed by atoms with Crippen molar-refractivity contribution in [1.82, 2.24) is 0 Å². The second-order valence-electron chi connectivity index (χ2n) is 19.1. The van der Waals surface area contributed by atoms with Crippen LogP contribution >= 0.6 is 0 Å². The first-order valence-electron chi connectivity index (χ1n) is 19.5. The molecule has 0 spiro atoms. The summed E-state index contributed by atoms with van der Waals surface area (Å²) in [5.41, 5.74) is 22.2. The van der Waals surface area contributed by atoms with Crippen LogP contribution in [0.4, 0.5) is 0 Å². The Morgan fingerprint density at radius 3 is 1.38 bits per heavy atom. The fourth-order valence-corrected chi connectivity index (χ4v) is 27.7. The van der Waals surface area contributed by atoms with E-state index in [2.05, 4.69) is 187 Å². The zero-order chi connectivity index (χ0) is 37.0. The molecule has 0 nitrogen and oxygen atoms in total. The topological polar surface area (TPSA) is 0 Å². The van der Waals surface area contributed by atoms with Crippen molar-refractivity contribution in [3.05, 3.63) is 164 Å². The first kappa shape index (κ1) is 35.5. The molecular weight excluding hydrogens is 791 g/mol. The molecule has 1 heterocycles. The number of fused-ring (bicyclic) bond motifs is 6. The van der Waals surface area contributed by atoms with E-state index in [0.717, 1.165) is 6.42 Å². The van der Waals surface area contributed by atoms with E-state index < -0.39 is 20.0 Å². The Morgan fingerprint density at radius 2 is 0.981 bits per heavy atom.